The molecule has 0 saturated heterocycles. The van der Waals surface area contributed by atoms with Crippen LogP contribution in [0.1, 0.15) is 31.2 Å². The van der Waals surface area contributed by atoms with E-state index < -0.39 is 0 Å². The Bertz CT molecular complexity index is 592. The summed E-state index contributed by atoms with van der Waals surface area (Å²) < 4.78 is 11.7. The average Bonchev–Trinajstić information content (AvgIpc) is 3.08. The Kier molecular flexibility index (Phi) is 4.84. The number of para-hydroxylation sites is 2. The summed E-state index contributed by atoms with van der Waals surface area (Å²) in [5.74, 6) is 1.71. The van der Waals surface area contributed by atoms with Crippen molar-refractivity contribution in [3.63, 3.8) is 0 Å². The normalized spacial score (nSPS) is 14.8. The predicted molar refractivity (Wildman–Crippen MR) is 89.6 cm³/mol. The van der Waals surface area contributed by atoms with Gasteiger partial charge in [-0.15, -0.1) is 0 Å². The standard InChI is InChI=1S/C19H23NO2/c1-21-18-13-7-8-15(14-20-16-9-3-2-4-10-16)19(18)22-17-11-5-6-12-17/h2-4,7-10,13,17,20H,5-6,11-12,14H2,1H3. The van der Waals surface area contributed by atoms with Gasteiger partial charge in [-0.3, -0.25) is 0 Å². The Hall–Kier alpha value is -2.16. The number of hydrogen-bond donors (Lipinski definition) is 1. The molecule has 0 spiro atoms. The van der Waals surface area contributed by atoms with Crippen LogP contribution in [-0.4, -0.2) is 13.2 Å². The van der Waals surface area contributed by atoms with Gasteiger partial charge in [-0.2, -0.15) is 0 Å². The van der Waals surface area contributed by atoms with Gasteiger partial charge in [0.25, 0.3) is 0 Å². The lowest BCUT2D eigenvalue weighted by atomic mass is 10.1. The van der Waals surface area contributed by atoms with Crippen LogP contribution in [0.5, 0.6) is 11.5 Å². The molecule has 1 saturated carbocycles. The average molecular weight is 297 g/mol. The summed E-state index contributed by atoms with van der Waals surface area (Å²) in [6.07, 6.45) is 5.13. The summed E-state index contributed by atoms with van der Waals surface area (Å²) in [7, 11) is 1.70. The van der Waals surface area contributed by atoms with E-state index in [1.54, 1.807) is 7.11 Å². The van der Waals surface area contributed by atoms with Gasteiger partial charge in [-0.05, 0) is 43.9 Å². The largest absolute Gasteiger partial charge is 0.493 e. The molecule has 0 aromatic heterocycles. The minimum atomic E-state index is 0.326. The van der Waals surface area contributed by atoms with Crippen LogP contribution >= 0.6 is 0 Å². The molecule has 0 heterocycles. The predicted octanol–water partition coefficient (Wildman–Crippen LogP) is 4.63. The first-order valence-corrected chi connectivity index (χ1v) is 7.98. The Balaban J connectivity index is 1.76. The topological polar surface area (TPSA) is 30.5 Å². The molecule has 0 unspecified atom stereocenters. The van der Waals surface area contributed by atoms with Gasteiger partial charge in [0.05, 0.1) is 13.2 Å². The van der Waals surface area contributed by atoms with E-state index in [0.29, 0.717) is 6.10 Å². The van der Waals surface area contributed by atoms with Crippen molar-refractivity contribution in [2.45, 2.75) is 38.3 Å². The van der Waals surface area contributed by atoms with E-state index in [1.807, 2.05) is 30.3 Å². The zero-order valence-electron chi connectivity index (χ0n) is 13.0. The number of hydrogen-bond acceptors (Lipinski definition) is 3. The molecular weight excluding hydrogens is 274 g/mol. The van der Waals surface area contributed by atoms with E-state index in [-0.39, 0.29) is 0 Å². The lowest BCUT2D eigenvalue weighted by Crippen LogP contribution is -2.14. The van der Waals surface area contributed by atoms with Gasteiger partial charge in [-0.1, -0.05) is 30.3 Å². The molecule has 1 aliphatic carbocycles. The van der Waals surface area contributed by atoms with Gasteiger partial charge >= 0.3 is 0 Å². The monoisotopic (exact) mass is 297 g/mol. The lowest BCUT2D eigenvalue weighted by molar-refractivity contribution is 0.199. The lowest BCUT2D eigenvalue weighted by Gasteiger charge is -2.19. The summed E-state index contributed by atoms with van der Waals surface area (Å²) in [5.41, 5.74) is 2.24. The molecule has 3 nitrogen and oxygen atoms in total. The van der Waals surface area contributed by atoms with Gasteiger partial charge in [0.1, 0.15) is 0 Å². The van der Waals surface area contributed by atoms with Crippen LogP contribution in [0.4, 0.5) is 5.69 Å². The minimum Gasteiger partial charge on any atom is -0.493 e. The second-order valence-corrected chi connectivity index (χ2v) is 5.69. The molecular formula is C19H23NO2. The second-order valence-electron chi connectivity index (χ2n) is 5.69. The Morgan fingerprint density at radius 2 is 1.77 bits per heavy atom. The van der Waals surface area contributed by atoms with Crippen molar-refractivity contribution >= 4 is 5.69 Å². The molecule has 3 heteroatoms. The molecule has 22 heavy (non-hydrogen) atoms. The first kappa shape index (κ1) is 14.8. The molecule has 116 valence electrons. The molecule has 1 aliphatic rings. The summed E-state index contributed by atoms with van der Waals surface area (Å²) in [4.78, 5) is 0. The van der Waals surface area contributed by atoms with Crippen molar-refractivity contribution in [3.05, 3.63) is 54.1 Å². The van der Waals surface area contributed by atoms with Crippen LogP contribution in [-0.2, 0) is 6.54 Å². The Morgan fingerprint density at radius 1 is 1.00 bits per heavy atom. The third-order valence-electron chi connectivity index (χ3n) is 4.12. The zero-order valence-corrected chi connectivity index (χ0v) is 13.0. The first-order valence-electron chi connectivity index (χ1n) is 7.98. The van der Waals surface area contributed by atoms with E-state index in [0.717, 1.165) is 42.1 Å². The van der Waals surface area contributed by atoms with Crippen LogP contribution in [0.2, 0.25) is 0 Å². The first-order chi connectivity index (χ1) is 10.9. The molecule has 2 aromatic carbocycles. The maximum atomic E-state index is 6.25. The molecule has 1 fully saturated rings. The van der Waals surface area contributed by atoms with E-state index in [1.165, 1.54) is 12.8 Å². The fourth-order valence-electron chi connectivity index (χ4n) is 2.92. The number of methoxy groups -OCH3 is 1. The smallest absolute Gasteiger partial charge is 0.166 e. The molecule has 0 radical (unpaired) electrons. The summed E-state index contributed by atoms with van der Waals surface area (Å²) in [6.45, 7) is 0.725. The van der Waals surface area contributed by atoms with Crippen molar-refractivity contribution < 1.29 is 9.47 Å². The van der Waals surface area contributed by atoms with Gasteiger partial charge < -0.3 is 14.8 Å². The van der Waals surface area contributed by atoms with Crippen molar-refractivity contribution in [3.8, 4) is 11.5 Å². The van der Waals surface area contributed by atoms with Crippen LogP contribution in [0, 0.1) is 0 Å². The van der Waals surface area contributed by atoms with Crippen LogP contribution in [0.3, 0.4) is 0 Å². The number of nitrogens with one attached hydrogen (secondary N) is 1. The summed E-state index contributed by atoms with van der Waals surface area (Å²) >= 11 is 0. The molecule has 0 aliphatic heterocycles. The highest BCUT2D eigenvalue weighted by Gasteiger charge is 2.20. The zero-order chi connectivity index (χ0) is 15.2. The minimum absolute atomic E-state index is 0.326. The molecule has 1 N–H and O–H groups in total. The van der Waals surface area contributed by atoms with Crippen LogP contribution < -0.4 is 14.8 Å². The fourth-order valence-corrected chi connectivity index (χ4v) is 2.92. The summed E-state index contributed by atoms with van der Waals surface area (Å²) in [5, 5.41) is 3.44. The maximum absolute atomic E-state index is 6.25. The Labute approximate surface area is 132 Å². The van der Waals surface area contributed by atoms with Crippen molar-refractivity contribution in [1.29, 1.82) is 0 Å². The molecule has 3 rings (SSSR count). The highest BCUT2D eigenvalue weighted by atomic mass is 16.5. The highest BCUT2D eigenvalue weighted by molar-refractivity contribution is 5.50. The maximum Gasteiger partial charge on any atom is 0.166 e. The Morgan fingerprint density at radius 3 is 2.50 bits per heavy atom. The van der Waals surface area contributed by atoms with Gasteiger partial charge in [0.2, 0.25) is 0 Å². The van der Waals surface area contributed by atoms with Crippen molar-refractivity contribution in [2.75, 3.05) is 12.4 Å². The van der Waals surface area contributed by atoms with Crippen molar-refractivity contribution in [1.82, 2.24) is 0 Å². The van der Waals surface area contributed by atoms with Crippen LogP contribution in [0.15, 0.2) is 48.5 Å². The number of benzene rings is 2. The molecule has 0 bridgehead atoms. The van der Waals surface area contributed by atoms with Gasteiger partial charge in [0.15, 0.2) is 11.5 Å². The number of rotatable bonds is 6. The van der Waals surface area contributed by atoms with E-state index in [9.17, 15) is 0 Å². The number of ether oxygens (including phenoxy) is 2. The van der Waals surface area contributed by atoms with Crippen LogP contribution in [0.25, 0.3) is 0 Å². The molecule has 0 amide bonds. The van der Waals surface area contributed by atoms with Gasteiger partial charge in [0, 0.05) is 17.8 Å². The summed E-state index contributed by atoms with van der Waals surface area (Å²) in [6, 6.07) is 16.3. The van der Waals surface area contributed by atoms with Gasteiger partial charge in [-0.25, -0.2) is 0 Å². The third kappa shape index (κ3) is 3.53. The fraction of sp³-hybridized carbons (Fsp3) is 0.368. The van der Waals surface area contributed by atoms with E-state index in [4.69, 9.17) is 9.47 Å². The van der Waals surface area contributed by atoms with E-state index >= 15 is 0 Å². The molecule has 0 atom stereocenters. The number of anilines is 1. The van der Waals surface area contributed by atoms with Crippen molar-refractivity contribution in [2.24, 2.45) is 0 Å². The third-order valence-corrected chi connectivity index (χ3v) is 4.12. The van der Waals surface area contributed by atoms with E-state index in [2.05, 4.69) is 23.5 Å². The highest BCUT2D eigenvalue weighted by Crippen LogP contribution is 2.35. The quantitative estimate of drug-likeness (QED) is 0.843. The molecule has 2 aromatic rings. The SMILES string of the molecule is COc1cccc(CNc2ccccc2)c1OC1CCCC1. The second kappa shape index (κ2) is 7.21.